The van der Waals surface area contributed by atoms with Crippen LogP contribution >= 0.6 is 0 Å². The van der Waals surface area contributed by atoms with Crippen molar-refractivity contribution in [1.82, 2.24) is 10.3 Å². The zero-order valence-electron chi connectivity index (χ0n) is 7.07. The van der Waals surface area contributed by atoms with Gasteiger partial charge in [0.25, 0.3) is 0 Å². The fourth-order valence-electron chi connectivity index (χ4n) is 1.20. The predicted octanol–water partition coefficient (Wildman–Crippen LogP) is 0.415. The summed E-state index contributed by atoms with van der Waals surface area (Å²) in [7, 11) is 0. The molecule has 14 heavy (non-hydrogen) atoms. The number of nitrogens with one attached hydrogen (secondary N) is 2. The summed E-state index contributed by atoms with van der Waals surface area (Å²) in [6.07, 6.45) is 1.22. The highest BCUT2D eigenvalue weighted by atomic mass is 16.4. The molecule has 0 fully saturated rings. The normalized spacial score (nSPS) is 13.9. The van der Waals surface area contributed by atoms with Gasteiger partial charge >= 0.3 is 12.0 Å². The van der Waals surface area contributed by atoms with Crippen molar-refractivity contribution in [3.8, 4) is 0 Å². The Bertz CT molecular complexity index is 416. The topological polar surface area (TPSA) is 91.3 Å². The summed E-state index contributed by atoms with van der Waals surface area (Å²) in [5.41, 5.74) is 0.784. The molecule has 0 bridgehead atoms. The molecule has 6 heteroatoms. The van der Waals surface area contributed by atoms with E-state index in [1.54, 1.807) is 0 Å². The van der Waals surface area contributed by atoms with Gasteiger partial charge in [0.2, 0.25) is 0 Å². The summed E-state index contributed by atoms with van der Waals surface area (Å²) in [4.78, 5) is 25.3. The smallest absolute Gasteiger partial charge is 0.337 e. The lowest BCUT2D eigenvalue weighted by Crippen LogP contribution is -2.34. The standard InChI is InChI=1S/C8H7N3O3/c12-7(13)5-1-4-2-10-8(14)11-6(4)9-3-5/h1,3H,2H2,(H,12,13)(H2,9,10,11,14). The Kier molecular flexibility index (Phi) is 1.81. The first-order valence-electron chi connectivity index (χ1n) is 3.94. The lowest BCUT2D eigenvalue weighted by atomic mass is 10.1. The first kappa shape index (κ1) is 8.49. The van der Waals surface area contributed by atoms with Gasteiger partial charge in [0, 0.05) is 18.3 Å². The number of hydrogen-bond acceptors (Lipinski definition) is 3. The van der Waals surface area contributed by atoms with Crippen LogP contribution in [0.3, 0.4) is 0 Å². The van der Waals surface area contributed by atoms with E-state index in [1.807, 2.05) is 0 Å². The van der Waals surface area contributed by atoms with Gasteiger partial charge in [-0.1, -0.05) is 0 Å². The van der Waals surface area contributed by atoms with Crippen molar-refractivity contribution in [3.05, 3.63) is 23.4 Å². The number of carboxylic acid groups (broad SMARTS) is 1. The number of fused-ring (bicyclic) bond motifs is 1. The van der Waals surface area contributed by atoms with E-state index in [4.69, 9.17) is 5.11 Å². The molecule has 0 aromatic carbocycles. The minimum Gasteiger partial charge on any atom is -0.478 e. The fourth-order valence-corrected chi connectivity index (χ4v) is 1.20. The maximum Gasteiger partial charge on any atom is 0.337 e. The summed E-state index contributed by atoms with van der Waals surface area (Å²) in [6.45, 7) is 0.301. The molecule has 2 rings (SSSR count). The molecule has 6 nitrogen and oxygen atoms in total. The quantitative estimate of drug-likeness (QED) is 0.602. The van der Waals surface area contributed by atoms with Crippen molar-refractivity contribution < 1.29 is 14.7 Å². The number of hydrogen-bond donors (Lipinski definition) is 3. The Hall–Kier alpha value is -2.11. The average Bonchev–Trinajstić information content (AvgIpc) is 2.16. The molecule has 1 aliphatic heterocycles. The Morgan fingerprint density at radius 3 is 3.07 bits per heavy atom. The Balaban J connectivity index is 2.41. The number of aromatic carboxylic acids is 1. The zero-order valence-corrected chi connectivity index (χ0v) is 7.07. The molecule has 3 N–H and O–H groups in total. The third-order valence-electron chi connectivity index (χ3n) is 1.88. The third kappa shape index (κ3) is 1.37. The number of amides is 2. The molecule has 0 aliphatic carbocycles. The number of carbonyl (C=O) groups excluding carboxylic acids is 1. The van der Waals surface area contributed by atoms with E-state index in [0.29, 0.717) is 17.9 Å². The first-order valence-corrected chi connectivity index (χ1v) is 3.94. The molecule has 1 aromatic rings. The van der Waals surface area contributed by atoms with Gasteiger partial charge in [0.1, 0.15) is 5.82 Å². The van der Waals surface area contributed by atoms with Crippen molar-refractivity contribution in [2.45, 2.75) is 6.54 Å². The molecule has 0 saturated heterocycles. The fraction of sp³-hybridized carbons (Fsp3) is 0.125. The van der Waals surface area contributed by atoms with Crippen molar-refractivity contribution in [2.24, 2.45) is 0 Å². The van der Waals surface area contributed by atoms with Gasteiger partial charge in [0.05, 0.1) is 5.56 Å². The zero-order chi connectivity index (χ0) is 10.1. The lowest BCUT2D eigenvalue weighted by Gasteiger charge is -2.16. The van der Waals surface area contributed by atoms with Gasteiger partial charge in [-0.05, 0) is 6.07 Å². The molecule has 0 radical (unpaired) electrons. The summed E-state index contributed by atoms with van der Waals surface area (Å²) < 4.78 is 0. The number of carbonyl (C=O) groups is 2. The Labute approximate surface area is 79.0 Å². The molecule has 2 heterocycles. The van der Waals surface area contributed by atoms with Crippen LogP contribution in [0.5, 0.6) is 0 Å². The molecular formula is C8H7N3O3. The van der Waals surface area contributed by atoms with Gasteiger partial charge in [-0.3, -0.25) is 5.32 Å². The molecule has 0 saturated carbocycles. The van der Waals surface area contributed by atoms with Crippen LogP contribution in [-0.2, 0) is 6.54 Å². The van der Waals surface area contributed by atoms with Gasteiger partial charge in [-0.15, -0.1) is 0 Å². The predicted molar refractivity (Wildman–Crippen MR) is 47.1 cm³/mol. The van der Waals surface area contributed by atoms with Crippen LogP contribution < -0.4 is 10.6 Å². The second-order valence-electron chi connectivity index (χ2n) is 2.84. The summed E-state index contributed by atoms with van der Waals surface area (Å²) in [6, 6.07) is 1.16. The minimum atomic E-state index is -1.03. The molecule has 1 aromatic heterocycles. The second kappa shape index (κ2) is 2.99. The minimum absolute atomic E-state index is 0.113. The van der Waals surface area contributed by atoms with Gasteiger partial charge in [-0.25, -0.2) is 14.6 Å². The van der Waals surface area contributed by atoms with Gasteiger partial charge in [0.15, 0.2) is 0 Å². The highest BCUT2D eigenvalue weighted by molar-refractivity contribution is 5.92. The SMILES string of the molecule is O=C1NCc2cc(C(=O)O)cnc2N1. The highest BCUT2D eigenvalue weighted by Crippen LogP contribution is 2.16. The number of aromatic nitrogens is 1. The second-order valence-corrected chi connectivity index (χ2v) is 2.84. The number of anilines is 1. The van der Waals surface area contributed by atoms with E-state index in [-0.39, 0.29) is 11.6 Å². The molecule has 0 atom stereocenters. The highest BCUT2D eigenvalue weighted by Gasteiger charge is 2.16. The van der Waals surface area contributed by atoms with Crippen LogP contribution in [-0.4, -0.2) is 22.1 Å². The van der Waals surface area contributed by atoms with E-state index < -0.39 is 5.97 Å². The van der Waals surface area contributed by atoms with Crippen molar-refractivity contribution in [1.29, 1.82) is 0 Å². The van der Waals surface area contributed by atoms with Crippen molar-refractivity contribution in [2.75, 3.05) is 5.32 Å². The van der Waals surface area contributed by atoms with Gasteiger partial charge < -0.3 is 10.4 Å². The van der Waals surface area contributed by atoms with Gasteiger partial charge in [-0.2, -0.15) is 0 Å². The average molecular weight is 193 g/mol. The van der Waals surface area contributed by atoms with Crippen LogP contribution in [0.1, 0.15) is 15.9 Å². The third-order valence-corrected chi connectivity index (χ3v) is 1.88. The van der Waals surface area contributed by atoms with E-state index in [0.717, 1.165) is 0 Å². The Morgan fingerprint density at radius 2 is 2.36 bits per heavy atom. The van der Waals surface area contributed by atoms with Crippen LogP contribution in [0, 0.1) is 0 Å². The molecule has 0 spiro atoms. The largest absolute Gasteiger partial charge is 0.478 e. The number of carboxylic acids is 1. The first-order chi connectivity index (χ1) is 6.66. The monoisotopic (exact) mass is 193 g/mol. The molecular weight excluding hydrogens is 186 g/mol. The van der Waals surface area contributed by atoms with Crippen LogP contribution in [0.15, 0.2) is 12.3 Å². The molecule has 0 unspecified atom stereocenters. The van der Waals surface area contributed by atoms with Crippen LogP contribution in [0.2, 0.25) is 0 Å². The number of rotatable bonds is 1. The molecule has 72 valence electrons. The summed E-state index contributed by atoms with van der Waals surface area (Å²) >= 11 is 0. The summed E-state index contributed by atoms with van der Waals surface area (Å²) in [5, 5.41) is 13.7. The van der Waals surface area contributed by atoms with Crippen LogP contribution in [0.4, 0.5) is 10.6 Å². The maximum atomic E-state index is 10.9. The maximum absolute atomic E-state index is 10.9. The van der Waals surface area contributed by atoms with E-state index in [9.17, 15) is 9.59 Å². The number of nitrogens with zero attached hydrogens (tertiary/aromatic N) is 1. The van der Waals surface area contributed by atoms with Crippen molar-refractivity contribution >= 4 is 17.8 Å². The van der Waals surface area contributed by atoms with E-state index in [2.05, 4.69) is 15.6 Å². The Morgan fingerprint density at radius 1 is 1.57 bits per heavy atom. The molecule has 1 aliphatic rings. The van der Waals surface area contributed by atoms with E-state index in [1.165, 1.54) is 12.3 Å². The number of urea groups is 1. The summed E-state index contributed by atoms with van der Waals surface area (Å²) in [5.74, 6) is -0.615. The van der Waals surface area contributed by atoms with Crippen LogP contribution in [0.25, 0.3) is 0 Å². The van der Waals surface area contributed by atoms with E-state index >= 15 is 0 Å². The van der Waals surface area contributed by atoms with Crippen molar-refractivity contribution in [3.63, 3.8) is 0 Å². The molecule has 2 amide bonds. The number of pyridine rings is 1. The lowest BCUT2D eigenvalue weighted by molar-refractivity contribution is 0.0696.